The summed E-state index contributed by atoms with van der Waals surface area (Å²) in [6.07, 6.45) is 3.48. The summed E-state index contributed by atoms with van der Waals surface area (Å²) >= 11 is 0. The molecule has 0 aromatic carbocycles. The maximum Gasteiger partial charge on any atom is 0.329 e. The molecule has 22 heavy (non-hydrogen) atoms. The van der Waals surface area contributed by atoms with Crippen molar-refractivity contribution in [1.82, 2.24) is 15.3 Å². The van der Waals surface area contributed by atoms with E-state index in [1.54, 1.807) is 6.21 Å². The van der Waals surface area contributed by atoms with Crippen molar-refractivity contribution in [3.05, 3.63) is 23.0 Å². The van der Waals surface area contributed by atoms with Crippen LogP contribution in [-0.4, -0.2) is 28.6 Å². The summed E-state index contributed by atoms with van der Waals surface area (Å²) in [7, 11) is 0. The van der Waals surface area contributed by atoms with Gasteiger partial charge in [-0.2, -0.15) is 5.10 Å². The second-order valence-electron chi connectivity index (χ2n) is 6.28. The van der Waals surface area contributed by atoms with Gasteiger partial charge in [-0.25, -0.2) is 5.43 Å². The Labute approximate surface area is 131 Å². The summed E-state index contributed by atoms with van der Waals surface area (Å²) in [5.41, 5.74) is 5.48. The Balaban J connectivity index is 1.95. The first-order valence-corrected chi connectivity index (χ1v) is 7.69. The normalized spacial score (nSPS) is 14.6. The molecule has 1 aromatic heterocycles. The smallest absolute Gasteiger partial charge is 0.329 e. The number of carbonyl (C=O) groups is 2. The SMILES string of the molecule is Cc1cc(/C=N\NC(=O)C(=O)NC2CC2)c(C)n1CC(C)C. The Morgan fingerprint density at radius 1 is 1.36 bits per heavy atom. The van der Waals surface area contributed by atoms with Gasteiger partial charge in [0.15, 0.2) is 0 Å². The Bertz CT molecular complexity index is 598. The van der Waals surface area contributed by atoms with Gasteiger partial charge in [0.2, 0.25) is 0 Å². The zero-order chi connectivity index (χ0) is 16.3. The van der Waals surface area contributed by atoms with E-state index in [1.807, 2.05) is 19.9 Å². The minimum atomic E-state index is -0.723. The number of hydrogen-bond acceptors (Lipinski definition) is 3. The minimum absolute atomic E-state index is 0.164. The summed E-state index contributed by atoms with van der Waals surface area (Å²) < 4.78 is 2.23. The van der Waals surface area contributed by atoms with E-state index >= 15 is 0 Å². The van der Waals surface area contributed by atoms with Crippen LogP contribution in [0.1, 0.15) is 43.6 Å². The number of aryl methyl sites for hydroxylation is 1. The largest absolute Gasteiger partial charge is 0.348 e. The molecule has 6 nitrogen and oxygen atoms in total. The minimum Gasteiger partial charge on any atom is -0.348 e. The van der Waals surface area contributed by atoms with Gasteiger partial charge in [-0.1, -0.05) is 13.8 Å². The molecule has 0 saturated heterocycles. The molecular formula is C16H24N4O2. The third-order valence-electron chi connectivity index (χ3n) is 3.65. The van der Waals surface area contributed by atoms with E-state index in [0.29, 0.717) is 5.92 Å². The van der Waals surface area contributed by atoms with E-state index in [1.165, 1.54) is 0 Å². The molecule has 2 N–H and O–H groups in total. The predicted octanol–water partition coefficient (Wildman–Crippen LogP) is 1.49. The number of amides is 2. The maximum absolute atomic E-state index is 11.6. The van der Waals surface area contributed by atoms with E-state index in [9.17, 15) is 9.59 Å². The molecule has 0 bridgehead atoms. The molecule has 0 aliphatic heterocycles. The van der Waals surface area contributed by atoms with Crippen molar-refractivity contribution in [3.8, 4) is 0 Å². The quantitative estimate of drug-likeness (QED) is 0.491. The molecular weight excluding hydrogens is 280 g/mol. The van der Waals surface area contributed by atoms with Crippen LogP contribution >= 0.6 is 0 Å². The fraction of sp³-hybridized carbons (Fsp3) is 0.562. The molecule has 1 saturated carbocycles. The highest BCUT2D eigenvalue weighted by atomic mass is 16.2. The van der Waals surface area contributed by atoms with Crippen molar-refractivity contribution in [2.75, 3.05) is 0 Å². The lowest BCUT2D eigenvalue weighted by molar-refractivity contribution is -0.139. The number of carbonyl (C=O) groups excluding carboxylic acids is 2. The summed E-state index contributed by atoms with van der Waals surface area (Å²) in [4.78, 5) is 23.0. The van der Waals surface area contributed by atoms with Gasteiger partial charge in [-0.05, 0) is 38.7 Å². The first-order chi connectivity index (χ1) is 10.4. The molecule has 6 heteroatoms. The molecule has 1 aliphatic rings. The van der Waals surface area contributed by atoms with Crippen molar-refractivity contribution < 1.29 is 9.59 Å². The second kappa shape index (κ2) is 6.77. The zero-order valence-corrected chi connectivity index (χ0v) is 13.6. The molecule has 1 aliphatic carbocycles. The average Bonchev–Trinajstić information content (AvgIpc) is 3.21. The maximum atomic E-state index is 11.6. The van der Waals surface area contributed by atoms with Gasteiger partial charge in [-0.15, -0.1) is 0 Å². The molecule has 1 fully saturated rings. The molecule has 0 atom stereocenters. The Morgan fingerprint density at radius 3 is 2.64 bits per heavy atom. The second-order valence-corrected chi connectivity index (χ2v) is 6.28. The molecule has 0 spiro atoms. The first kappa shape index (κ1) is 16.3. The van der Waals surface area contributed by atoms with Gasteiger partial charge in [0, 0.05) is 29.5 Å². The van der Waals surface area contributed by atoms with Crippen LogP contribution in [0.2, 0.25) is 0 Å². The van der Waals surface area contributed by atoms with E-state index in [0.717, 1.165) is 36.3 Å². The average molecular weight is 304 g/mol. The van der Waals surface area contributed by atoms with E-state index < -0.39 is 11.8 Å². The van der Waals surface area contributed by atoms with E-state index in [-0.39, 0.29) is 6.04 Å². The lowest BCUT2D eigenvalue weighted by Gasteiger charge is -2.11. The molecule has 2 rings (SSSR count). The highest BCUT2D eigenvalue weighted by molar-refractivity contribution is 6.35. The van der Waals surface area contributed by atoms with Gasteiger partial charge < -0.3 is 9.88 Å². The van der Waals surface area contributed by atoms with Crippen LogP contribution in [0.5, 0.6) is 0 Å². The predicted molar refractivity (Wildman–Crippen MR) is 85.6 cm³/mol. The van der Waals surface area contributed by atoms with Crippen LogP contribution in [0, 0.1) is 19.8 Å². The van der Waals surface area contributed by atoms with Crippen LogP contribution in [0.25, 0.3) is 0 Å². The fourth-order valence-corrected chi connectivity index (χ4v) is 2.29. The van der Waals surface area contributed by atoms with Gasteiger partial charge in [-0.3, -0.25) is 9.59 Å². The Hall–Kier alpha value is -2.11. The molecule has 1 aromatic rings. The van der Waals surface area contributed by atoms with Crippen molar-refractivity contribution in [1.29, 1.82) is 0 Å². The van der Waals surface area contributed by atoms with E-state index in [2.05, 4.69) is 34.3 Å². The Morgan fingerprint density at radius 2 is 2.05 bits per heavy atom. The Kier molecular flexibility index (Phi) is 5.00. The first-order valence-electron chi connectivity index (χ1n) is 7.69. The van der Waals surface area contributed by atoms with Gasteiger partial charge in [0.1, 0.15) is 0 Å². The number of aromatic nitrogens is 1. The summed E-state index contributed by atoms with van der Waals surface area (Å²) in [5, 5.41) is 6.51. The number of rotatable bonds is 5. The number of nitrogens with zero attached hydrogens (tertiary/aromatic N) is 2. The fourth-order valence-electron chi connectivity index (χ4n) is 2.29. The van der Waals surface area contributed by atoms with Crippen LogP contribution in [-0.2, 0) is 16.1 Å². The highest BCUT2D eigenvalue weighted by Crippen LogP contribution is 2.18. The monoisotopic (exact) mass is 304 g/mol. The van der Waals surface area contributed by atoms with Crippen LogP contribution in [0.15, 0.2) is 11.2 Å². The van der Waals surface area contributed by atoms with Crippen molar-refractivity contribution in [3.63, 3.8) is 0 Å². The van der Waals surface area contributed by atoms with Crippen molar-refractivity contribution >= 4 is 18.0 Å². The van der Waals surface area contributed by atoms with Gasteiger partial charge >= 0.3 is 11.8 Å². The van der Waals surface area contributed by atoms with Crippen LogP contribution in [0.3, 0.4) is 0 Å². The summed E-state index contributed by atoms with van der Waals surface area (Å²) in [6.45, 7) is 9.37. The topological polar surface area (TPSA) is 75.5 Å². The number of hydrogen-bond donors (Lipinski definition) is 2. The van der Waals surface area contributed by atoms with Crippen molar-refractivity contribution in [2.45, 2.75) is 53.1 Å². The molecule has 0 radical (unpaired) electrons. The van der Waals surface area contributed by atoms with Crippen LogP contribution in [0.4, 0.5) is 0 Å². The lowest BCUT2D eigenvalue weighted by Crippen LogP contribution is -2.38. The van der Waals surface area contributed by atoms with Crippen LogP contribution < -0.4 is 10.7 Å². The number of nitrogens with one attached hydrogen (secondary N) is 2. The van der Waals surface area contributed by atoms with Crippen molar-refractivity contribution in [2.24, 2.45) is 11.0 Å². The van der Waals surface area contributed by atoms with Gasteiger partial charge in [0.25, 0.3) is 0 Å². The third-order valence-corrected chi connectivity index (χ3v) is 3.65. The molecule has 0 unspecified atom stereocenters. The summed E-state index contributed by atoms with van der Waals surface area (Å²) in [5.74, 6) is -0.788. The zero-order valence-electron chi connectivity index (χ0n) is 13.6. The summed E-state index contributed by atoms with van der Waals surface area (Å²) in [6, 6.07) is 2.19. The van der Waals surface area contributed by atoms with Gasteiger partial charge in [0.05, 0.1) is 6.21 Å². The standard InChI is InChI=1S/C16H24N4O2/c1-10(2)9-20-11(3)7-13(12(20)4)8-17-19-16(22)15(21)18-14-5-6-14/h7-8,10,14H,5-6,9H2,1-4H3,(H,18,21)(H,19,22)/b17-8-. The third kappa shape index (κ3) is 4.19. The number of hydrazone groups is 1. The molecule has 1 heterocycles. The highest BCUT2D eigenvalue weighted by Gasteiger charge is 2.26. The lowest BCUT2D eigenvalue weighted by atomic mass is 10.2. The molecule has 120 valence electrons. The molecule has 2 amide bonds. The van der Waals surface area contributed by atoms with E-state index in [4.69, 9.17) is 0 Å².